The van der Waals surface area contributed by atoms with Gasteiger partial charge >= 0.3 is 5.97 Å². The van der Waals surface area contributed by atoms with E-state index in [-0.39, 0.29) is 24.2 Å². The highest BCUT2D eigenvalue weighted by Crippen LogP contribution is 2.22. The van der Waals surface area contributed by atoms with Gasteiger partial charge < -0.3 is 9.64 Å². The van der Waals surface area contributed by atoms with E-state index in [0.29, 0.717) is 13.1 Å². The van der Waals surface area contributed by atoms with Crippen LogP contribution in [0.15, 0.2) is 30.6 Å². The van der Waals surface area contributed by atoms with E-state index in [1.807, 2.05) is 18.2 Å². The molecule has 21 heavy (non-hydrogen) atoms. The fourth-order valence-electron chi connectivity index (χ4n) is 2.58. The normalized spacial score (nSPS) is 18.2. The molecule has 1 atom stereocenters. The number of nitrogens with zero attached hydrogens (tertiary/aromatic N) is 3. The van der Waals surface area contributed by atoms with Crippen molar-refractivity contribution < 1.29 is 14.3 Å². The molecule has 2 aromatic rings. The molecule has 1 aliphatic rings. The molecule has 1 unspecified atom stereocenters. The van der Waals surface area contributed by atoms with Gasteiger partial charge in [-0.1, -0.05) is 6.07 Å². The lowest BCUT2D eigenvalue weighted by atomic mass is 10.1. The molecule has 1 fully saturated rings. The van der Waals surface area contributed by atoms with Crippen molar-refractivity contribution in [3.05, 3.63) is 36.2 Å². The monoisotopic (exact) mass is 285 g/mol. The fraction of sp³-hybridized carbons (Fsp3) is 0.333. The summed E-state index contributed by atoms with van der Waals surface area (Å²) in [5, 5.41) is 0. The molecule has 3 rings (SSSR count). The van der Waals surface area contributed by atoms with Crippen LogP contribution in [0, 0.1) is 5.92 Å². The summed E-state index contributed by atoms with van der Waals surface area (Å²) in [5.74, 6) is -0.706. The first-order chi connectivity index (χ1) is 10.2. The molecule has 1 aromatic carbocycles. The molecule has 1 saturated heterocycles. The molecular weight excluding hydrogens is 270 g/mol. The first-order valence-corrected chi connectivity index (χ1v) is 6.72. The molecule has 0 N–H and O–H groups in total. The lowest BCUT2D eigenvalue weighted by molar-refractivity contribution is -0.145. The van der Waals surface area contributed by atoms with Gasteiger partial charge in [-0.05, 0) is 17.7 Å². The number of likely N-dealkylation sites (tertiary alicyclic amines) is 1. The van der Waals surface area contributed by atoms with Crippen molar-refractivity contribution >= 4 is 22.9 Å². The highest BCUT2D eigenvalue weighted by Gasteiger charge is 2.34. The average Bonchev–Trinajstić information content (AvgIpc) is 2.87. The second kappa shape index (κ2) is 5.47. The largest absolute Gasteiger partial charge is 0.469 e. The van der Waals surface area contributed by atoms with Gasteiger partial charge in [0.25, 0.3) is 0 Å². The Morgan fingerprint density at radius 3 is 2.86 bits per heavy atom. The third-order valence-corrected chi connectivity index (χ3v) is 3.66. The smallest absolute Gasteiger partial charge is 0.310 e. The second-order valence-electron chi connectivity index (χ2n) is 5.08. The van der Waals surface area contributed by atoms with Crippen molar-refractivity contribution in [3.63, 3.8) is 0 Å². The molecule has 0 radical (unpaired) electrons. The Hall–Kier alpha value is -2.50. The SMILES string of the molecule is COC(=O)C1CC(=O)N(Cc2ccc3nccnc3c2)C1. The maximum atomic E-state index is 12.0. The lowest BCUT2D eigenvalue weighted by Gasteiger charge is -2.16. The molecule has 0 saturated carbocycles. The maximum absolute atomic E-state index is 12.0. The van der Waals surface area contributed by atoms with Crippen LogP contribution in [0.3, 0.4) is 0 Å². The number of rotatable bonds is 3. The first-order valence-electron chi connectivity index (χ1n) is 6.72. The highest BCUT2D eigenvalue weighted by atomic mass is 16.5. The Morgan fingerprint density at radius 2 is 2.10 bits per heavy atom. The Morgan fingerprint density at radius 1 is 1.33 bits per heavy atom. The van der Waals surface area contributed by atoms with E-state index in [1.165, 1.54) is 7.11 Å². The number of hydrogen-bond acceptors (Lipinski definition) is 5. The first kappa shape index (κ1) is 13.5. The molecule has 6 heteroatoms. The van der Waals surface area contributed by atoms with Crippen molar-refractivity contribution in [1.82, 2.24) is 14.9 Å². The number of methoxy groups -OCH3 is 1. The van der Waals surface area contributed by atoms with Crippen LogP contribution >= 0.6 is 0 Å². The van der Waals surface area contributed by atoms with Crippen LogP contribution in [0.4, 0.5) is 0 Å². The number of esters is 1. The summed E-state index contributed by atoms with van der Waals surface area (Å²) in [7, 11) is 1.34. The summed E-state index contributed by atoms with van der Waals surface area (Å²) in [6, 6.07) is 5.73. The summed E-state index contributed by atoms with van der Waals surface area (Å²) >= 11 is 0. The highest BCUT2D eigenvalue weighted by molar-refractivity contribution is 5.86. The predicted octanol–water partition coefficient (Wildman–Crippen LogP) is 1.15. The van der Waals surface area contributed by atoms with Crippen LogP contribution in [0.5, 0.6) is 0 Å². The topological polar surface area (TPSA) is 72.4 Å². The van der Waals surface area contributed by atoms with Gasteiger partial charge in [-0.25, -0.2) is 0 Å². The molecule has 6 nitrogen and oxygen atoms in total. The van der Waals surface area contributed by atoms with E-state index in [4.69, 9.17) is 4.74 Å². The Kier molecular flexibility index (Phi) is 3.51. The van der Waals surface area contributed by atoms with Crippen LogP contribution in [-0.4, -0.2) is 40.4 Å². The van der Waals surface area contributed by atoms with Gasteiger partial charge in [0.15, 0.2) is 0 Å². The van der Waals surface area contributed by atoms with E-state index >= 15 is 0 Å². The van der Waals surface area contributed by atoms with Crippen molar-refractivity contribution in [3.8, 4) is 0 Å². The standard InChI is InChI=1S/C15H15N3O3/c1-21-15(20)11-7-14(19)18(9-11)8-10-2-3-12-13(6-10)17-5-4-16-12/h2-6,11H,7-9H2,1H3. The molecule has 0 spiro atoms. The van der Waals surface area contributed by atoms with Crippen LogP contribution in [0.25, 0.3) is 11.0 Å². The van der Waals surface area contributed by atoms with Gasteiger partial charge in [0.1, 0.15) is 0 Å². The quantitative estimate of drug-likeness (QED) is 0.791. The van der Waals surface area contributed by atoms with E-state index in [9.17, 15) is 9.59 Å². The van der Waals surface area contributed by atoms with Gasteiger partial charge in [0, 0.05) is 31.9 Å². The van der Waals surface area contributed by atoms with Crippen LogP contribution in [-0.2, 0) is 20.9 Å². The molecule has 1 amide bonds. The summed E-state index contributed by atoms with van der Waals surface area (Å²) in [6.45, 7) is 0.878. The number of fused-ring (bicyclic) bond motifs is 1. The van der Waals surface area contributed by atoms with Crippen LogP contribution in [0.2, 0.25) is 0 Å². The summed E-state index contributed by atoms with van der Waals surface area (Å²) in [5.41, 5.74) is 2.59. The van der Waals surface area contributed by atoms with Gasteiger partial charge in [0.05, 0.1) is 24.1 Å². The van der Waals surface area contributed by atoms with Gasteiger partial charge in [-0.15, -0.1) is 0 Å². The molecule has 108 valence electrons. The minimum Gasteiger partial charge on any atom is -0.469 e. The Bertz CT molecular complexity index is 701. The van der Waals surface area contributed by atoms with E-state index < -0.39 is 0 Å². The third-order valence-electron chi connectivity index (χ3n) is 3.66. The van der Waals surface area contributed by atoms with E-state index in [2.05, 4.69) is 9.97 Å². The molecule has 0 aliphatic carbocycles. The number of amides is 1. The van der Waals surface area contributed by atoms with E-state index in [0.717, 1.165) is 16.6 Å². The average molecular weight is 285 g/mol. The lowest BCUT2D eigenvalue weighted by Crippen LogP contribution is -2.26. The van der Waals surface area contributed by atoms with Crippen LogP contribution in [0.1, 0.15) is 12.0 Å². The minimum absolute atomic E-state index is 0.0235. The number of ether oxygens (including phenoxy) is 1. The zero-order valence-corrected chi connectivity index (χ0v) is 11.7. The Labute approximate surface area is 121 Å². The molecule has 2 heterocycles. The predicted molar refractivity (Wildman–Crippen MR) is 75.1 cm³/mol. The van der Waals surface area contributed by atoms with Crippen LogP contribution < -0.4 is 0 Å². The minimum atomic E-state index is -0.359. The zero-order valence-electron chi connectivity index (χ0n) is 11.7. The summed E-state index contributed by atoms with van der Waals surface area (Å²) in [4.78, 5) is 33.6. The number of carbonyl (C=O) groups excluding carboxylic acids is 2. The van der Waals surface area contributed by atoms with Gasteiger partial charge in [-0.3, -0.25) is 19.6 Å². The molecule has 0 bridgehead atoms. The van der Waals surface area contributed by atoms with Crippen molar-refractivity contribution in [2.75, 3.05) is 13.7 Å². The maximum Gasteiger partial charge on any atom is 0.310 e. The number of hydrogen-bond donors (Lipinski definition) is 0. The second-order valence-corrected chi connectivity index (χ2v) is 5.08. The molecular formula is C15H15N3O3. The summed E-state index contributed by atoms with van der Waals surface area (Å²) < 4.78 is 4.70. The van der Waals surface area contributed by atoms with Crippen molar-refractivity contribution in [2.45, 2.75) is 13.0 Å². The van der Waals surface area contributed by atoms with Gasteiger partial charge in [0.2, 0.25) is 5.91 Å². The zero-order chi connectivity index (χ0) is 14.8. The van der Waals surface area contributed by atoms with Gasteiger partial charge in [-0.2, -0.15) is 0 Å². The van der Waals surface area contributed by atoms with E-state index in [1.54, 1.807) is 17.3 Å². The van der Waals surface area contributed by atoms with Crippen molar-refractivity contribution in [2.24, 2.45) is 5.92 Å². The number of benzene rings is 1. The fourth-order valence-corrected chi connectivity index (χ4v) is 2.58. The summed E-state index contributed by atoms with van der Waals surface area (Å²) in [6.07, 6.45) is 3.51. The number of aromatic nitrogens is 2. The molecule has 1 aliphatic heterocycles. The number of carbonyl (C=O) groups is 2. The molecule has 1 aromatic heterocycles. The third kappa shape index (κ3) is 2.69. The Balaban J connectivity index is 1.76. The van der Waals surface area contributed by atoms with Crippen molar-refractivity contribution in [1.29, 1.82) is 0 Å².